The normalized spacial score (nSPS) is 10.8. The average molecular weight is 304 g/mol. The van der Waals surface area contributed by atoms with Crippen molar-refractivity contribution in [1.29, 1.82) is 0 Å². The predicted octanol–water partition coefficient (Wildman–Crippen LogP) is 5.34. The Hall–Kier alpha value is -2.35. The van der Waals surface area contributed by atoms with Crippen LogP contribution in [-0.4, -0.2) is 9.97 Å². The molecule has 1 aromatic heterocycles. The summed E-state index contributed by atoms with van der Waals surface area (Å²) < 4.78 is 0. The molecule has 0 spiro atoms. The number of hydrogen-bond donors (Lipinski definition) is 1. The minimum atomic E-state index is 1.03. The molecule has 2 nitrogen and oxygen atoms in total. The topological polar surface area (TPSA) is 28.7 Å². The smallest absolute Gasteiger partial charge is 0.106 e. The maximum atomic E-state index is 4.78. The SMILES string of the molecule is Cc1[nH]c(CCCCCc2ccccc2)nc1-c1ccccc1. The highest BCUT2D eigenvalue weighted by Gasteiger charge is 2.08. The van der Waals surface area contributed by atoms with Gasteiger partial charge in [0.15, 0.2) is 0 Å². The molecular formula is C21H24N2. The summed E-state index contributed by atoms with van der Waals surface area (Å²) in [4.78, 5) is 8.22. The van der Waals surface area contributed by atoms with Gasteiger partial charge < -0.3 is 4.98 Å². The molecule has 0 radical (unpaired) electrons. The molecule has 1 heterocycles. The van der Waals surface area contributed by atoms with Crippen molar-refractivity contribution < 1.29 is 0 Å². The Morgan fingerprint density at radius 2 is 1.43 bits per heavy atom. The Morgan fingerprint density at radius 1 is 0.783 bits per heavy atom. The van der Waals surface area contributed by atoms with E-state index in [1.54, 1.807) is 0 Å². The van der Waals surface area contributed by atoms with Crippen molar-refractivity contribution in [2.75, 3.05) is 0 Å². The lowest BCUT2D eigenvalue weighted by molar-refractivity contribution is 0.665. The first-order chi connectivity index (χ1) is 11.3. The van der Waals surface area contributed by atoms with E-state index in [-0.39, 0.29) is 0 Å². The van der Waals surface area contributed by atoms with Crippen LogP contribution >= 0.6 is 0 Å². The van der Waals surface area contributed by atoms with Gasteiger partial charge in [-0.25, -0.2) is 4.98 Å². The second-order valence-electron chi connectivity index (χ2n) is 6.07. The Balaban J connectivity index is 1.48. The number of rotatable bonds is 7. The lowest BCUT2D eigenvalue weighted by atomic mass is 10.1. The van der Waals surface area contributed by atoms with Crippen LogP contribution in [0.4, 0.5) is 0 Å². The Morgan fingerprint density at radius 3 is 2.17 bits per heavy atom. The second-order valence-corrected chi connectivity index (χ2v) is 6.07. The molecule has 1 N–H and O–H groups in total. The molecule has 2 heteroatoms. The van der Waals surface area contributed by atoms with Crippen LogP contribution in [0.5, 0.6) is 0 Å². The standard InChI is InChI=1S/C21H24N2/c1-17-21(19-14-8-4-9-15-19)23-20(22-17)16-10-3-7-13-18-11-5-2-6-12-18/h2,4-6,8-9,11-12,14-15H,3,7,10,13,16H2,1H3,(H,22,23). The van der Waals surface area contributed by atoms with E-state index in [1.807, 2.05) is 6.07 Å². The molecule has 23 heavy (non-hydrogen) atoms. The van der Waals surface area contributed by atoms with Crippen LogP contribution in [0.2, 0.25) is 0 Å². The number of unbranched alkanes of at least 4 members (excludes halogenated alkanes) is 2. The van der Waals surface area contributed by atoms with Crippen LogP contribution in [-0.2, 0) is 12.8 Å². The number of aryl methyl sites for hydroxylation is 3. The van der Waals surface area contributed by atoms with Gasteiger partial charge in [0.2, 0.25) is 0 Å². The fourth-order valence-electron chi connectivity index (χ4n) is 2.96. The summed E-state index contributed by atoms with van der Waals surface area (Å²) >= 11 is 0. The lowest BCUT2D eigenvalue weighted by Gasteiger charge is -2.01. The highest BCUT2D eigenvalue weighted by Crippen LogP contribution is 2.21. The van der Waals surface area contributed by atoms with Gasteiger partial charge in [-0.1, -0.05) is 67.1 Å². The lowest BCUT2D eigenvalue weighted by Crippen LogP contribution is -1.91. The van der Waals surface area contributed by atoms with E-state index in [2.05, 4.69) is 66.5 Å². The van der Waals surface area contributed by atoms with Gasteiger partial charge in [0, 0.05) is 17.7 Å². The summed E-state index contributed by atoms with van der Waals surface area (Å²) in [5.41, 5.74) is 4.88. The molecule has 3 rings (SSSR count). The van der Waals surface area contributed by atoms with E-state index in [0.29, 0.717) is 0 Å². The molecule has 0 aliphatic heterocycles. The first-order valence-electron chi connectivity index (χ1n) is 8.48. The number of benzene rings is 2. The van der Waals surface area contributed by atoms with Crippen molar-refractivity contribution in [2.24, 2.45) is 0 Å². The molecule has 0 unspecified atom stereocenters. The van der Waals surface area contributed by atoms with Crippen molar-refractivity contribution in [1.82, 2.24) is 9.97 Å². The van der Waals surface area contributed by atoms with Crippen molar-refractivity contribution in [3.05, 3.63) is 77.7 Å². The third kappa shape index (κ3) is 4.32. The predicted molar refractivity (Wildman–Crippen MR) is 96.5 cm³/mol. The van der Waals surface area contributed by atoms with Gasteiger partial charge in [-0.2, -0.15) is 0 Å². The zero-order valence-corrected chi connectivity index (χ0v) is 13.8. The fourth-order valence-corrected chi connectivity index (χ4v) is 2.96. The molecule has 3 aromatic rings. The third-order valence-corrected chi connectivity index (χ3v) is 4.20. The molecule has 0 saturated heterocycles. The monoisotopic (exact) mass is 304 g/mol. The van der Waals surface area contributed by atoms with Crippen LogP contribution in [0.3, 0.4) is 0 Å². The van der Waals surface area contributed by atoms with Gasteiger partial charge in [-0.3, -0.25) is 0 Å². The van der Waals surface area contributed by atoms with Crippen LogP contribution in [0.15, 0.2) is 60.7 Å². The van der Waals surface area contributed by atoms with Crippen molar-refractivity contribution in [3.8, 4) is 11.3 Å². The summed E-state index contributed by atoms with van der Waals surface area (Å²) in [5, 5.41) is 0. The van der Waals surface area contributed by atoms with E-state index in [9.17, 15) is 0 Å². The fraction of sp³-hybridized carbons (Fsp3) is 0.286. The quantitative estimate of drug-likeness (QED) is 0.586. The maximum Gasteiger partial charge on any atom is 0.106 e. The zero-order valence-electron chi connectivity index (χ0n) is 13.8. The largest absolute Gasteiger partial charge is 0.346 e. The molecule has 0 amide bonds. The minimum absolute atomic E-state index is 1.03. The summed E-state index contributed by atoms with van der Waals surface area (Å²) in [6.07, 6.45) is 5.88. The summed E-state index contributed by atoms with van der Waals surface area (Å²) in [5.74, 6) is 1.11. The van der Waals surface area contributed by atoms with Gasteiger partial charge >= 0.3 is 0 Å². The molecule has 0 atom stereocenters. The van der Waals surface area contributed by atoms with E-state index < -0.39 is 0 Å². The van der Waals surface area contributed by atoms with Gasteiger partial charge in [0.05, 0.1) is 5.69 Å². The van der Waals surface area contributed by atoms with E-state index in [4.69, 9.17) is 4.98 Å². The second kappa shape index (κ2) is 7.77. The number of nitrogens with one attached hydrogen (secondary N) is 1. The van der Waals surface area contributed by atoms with E-state index >= 15 is 0 Å². The molecule has 0 saturated carbocycles. The number of H-pyrrole nitrogens is 1. The summed E-state index contributed by atoms with van der Waals surface area (Å²) in [6, 6.07) is 21.1. The van der Waals surface area contributed by atoms with Crippen molar-refractivity contribution in [3.63, 3.8) is 0 Å². The molecule has 0 bridgehead atoms. The first kappa shape index (κ1) is 15.5. The molecule has 0 aliphatic rings. The Kier molecular flexibility index (Phi) is 5.25. The number of aromatic nitrogens is 2. The van der Waals surface area contributed by atoms with Gasteiger partial charge in [-0.15, -0.1) is 0 Å². The van der Waals surface area contributed by atoms with Crippen LogP contribution in [0, 0.1) is 6.92 Å². The minimum Gasteiger partial charge on any atom is -0.346 e. The van der Waals surface area contributed by atoms with Gasteiger partial charge in [0.1, 0.15) is 5.82 Å². The van der Waals surface area contributed by atoms with Gasteiger partial charge in [0.25, 0.3) is 0 Å². The average Bonchev–Trinajstić information content (AvgIpc) is 2.97. The Labute approximate surface area is 138 Å². The summed E-state index contributed by atoms with van der Waals surface area (Å²) in [7, 11) is 0. The van der Waals surface area contributed by atoms with E-state index in [0.717, 1.165) is 23.6 Å². The number of aromatic amines is 1. The van der Waals surface area contributed by atoms with E-state index in [1.165, 1.54) is 36.8 Å². The number of hydrogen-bond acceptors (Lipinski definition) is 1. The molecule has 0 aliphatic carbocycles. The zero-order chi connectivity index (χ0) is 15.9. The molecule has 0 fully saturated rings. The summed E-state index contributed by atoms with van der Waals surface area (Å²) in [6.45, 7) is 2.11. The Bertz CT molecular complexity index is 714. The van der Waals surface area contributed by atoms with Crippen LogP contribution in [0.1, 0.15) is 36.3 Å². The highest BCUT2D eigenvalue weighted by atomic mass is 14.9. The van der Waals surface area contributed by atoms with Crippen LogP contribution < -0.4 is 0 Å². The highest BCUT2D eigenvalue weighted by molar-refractivity contribution is 5.61. The van der Waals surface area contributed by atoms with Gasteiger partial charge in [-0.05, 0) is 31.7 Å². The van der Waals surface area contributed by atoms with Crippen molar-refractivity contribution in [2.45, 2.75) is 39.0 Å². The van der Waals surface area contributed by atoms with Crippen molar-refractivity contribution >= 4 is 0 Å². The third-order valence-electron chi connectivity index (χ3n) is 4.20. The van der Waals surface area contributed by atoms with Crippen LogP contribution in [0.25, 0.3) is 11.3 Å². The maximum absolute atomic E-state index is 4.78. The molecule has 2 aromatic carbocycles. The molecule has 118 valence electrons. The first-order valence-corrected chi connectivity index (χ1v) is 8.48. The molecular weight excluding hydrogens is 280 g/mol. The number of imidazole rings is 1. The number of nitrogens with zero attached hydrogens (tertiary/aromatic N) is 1.